The third-order valence-corrected chi connectivity index (χ3v) is 2.48. The van der Waals surface area contributed by atoms with Gasteiger partial charge in [0, 0.05) is 18.1 Å². The molecule has 0 amide bonds. The van der Waals surface area contributed by atoms with Crippen LogP contribution in [0.4, 0.5) is 0 Å². The van der Waals surface area contributed by atoms with Crippen molar-refractivity contribution in [2.75, 3.05) is 13.7 Å². The monoisotopic (exact) mass is 206 g/mol. The first-order valence-electron chi connectivity index (χ1n) is 4.89. The largest absolute Gasteiger partial charge is 0.461 e. The van der Waals surface area contributed by atoms with Crippen molar-refractivity contribution in [1.82, 2.24) is 0 Å². The van der Waals surface area contributed by atoms with Crippen molar-refractivity contribution in [2.45, 2.75) is 13.0 Å². The average Bonchev–Trinajstić information content (AvgIpc) is 2.54. The Balaban J connectivity index is 2.53. The highest BCUT2D eigenvalue weighted by molar-refractivity contribution is 5.82. The van der Waals surface area contributed by atoms with E-state index in [1.54, 1.807) is 7.11 Å². The van der Waals surface area contributed by atoms with Crippen molar-refractivity contribution in [3.05, 3.63) is 35.6 Å². The van der Waals surface area contributed by atoms with Crippen LogP contribution in [0.3, 0.4) is 0 Å². The number of ether oxygens (including phenoxy) is 1. The molecule has 1 aromatic carbocycles. The Hall–Kier alpha value is -1.32. The van der Waals surface area contributed by atoms with Gasteiger partial charge >= 0.3 is 0 Å². The van der Waals surface area contributed by atoms with Crippen LogP contribution in [-0.2, 0) is 4.74 Å². The number of aliphatic hydroxyl groups excluding tert-OH is 1. The van der Waals surface area contributed by atoms with Gasteiger partial charge in [-0.25, -0.2) is 0 Å². The molecule has 2 aromatic rings. The van der Waals surface area contributed by atoms with E-state index in [0.717, 1.165) is 22.3 Å². The SMILES string of the molecule is COCC(O)c1c(C)oc2ccccc12. The molecule has 1 atom stereocenters. The molecular weight excluding hydrogens is 192 g/mol. The predicted octanol–water partition coefficient (Wildman–Crippen LogP) is 2.42. The van der Waals surface area contributed by atoms with Crippen LogP contribution in [0.15, 0.2) is 28.7 Å². The number of hydrogen-bond donors (Lipinski definition) is 1. The Kier molecular flexibility index (Phi) is 2.75. The molecule has 1 aromatic heterocycles. The number of para-hydroxylation sites is 1. The lowest BCUT2D eigenvalue weighted by atomic mass is 10.1. The summed E-state index contributed by atoms with van der Waals surface area (Å²) in [5.74, 6) is 0.751. The minimum atomic E-state index is -0.626. The third kappa shape index (κ3) is 1.76. The molecule has 1 heterocycles. The van der Waals surface area contributed by atoms with Gasteiger partial charge in [-0.3, -0.25) is 0 Å². The second-order valence-corrected chi connectivity index (χ2v) is 3.54. The maximum atomic E-state index is 9.90. The number of benzene rings is 1. The lowest BCUT2D eigenvalue weighted by Crippen LogP contribution is -2.05. The van der Waals surface area contributed by atoms with Crippen molar-refractivity contribution < 1.29 is 14.3 Å². The first-order chi connectivity index (χ1) is 7.24. The molecule has 2 rings (SSSR count). The van der Waals surface area contributed by atoms with E-state index in [2.05, 4.69) is 0 Å². The van der Waals surface area contributed by atoms with Gasteiger partial charge in [-0.05, 0) is 13.0 Å². The Morgan fingerprint density at radius 2 is 2.13 bits per heavy atom. The minimum Gasteiger partial charge on any atom is -0.461 e. The van der Waals surface area contributed by atoms with Gasteiger partial charge in [-0.1, -0.05) is 18.2 Å². The van der Waals surface area contributed by atoms with E-state index in [1.807, 2.05) is 31.2 Å². The molecule has 0 saturated heterocycles. The van der Waals surface area contributed by atoms with Crippen LogP contribution in [0.1, 0.15) is 17.4 Å². The summed E-state index contributed by atoms with van der Waals surface area (Å²) in [6.45, 7) is 2.14. The maximum absolute atomic E-state index is 9.90. The summed E-state index contributed by atoms with van der Waals surface area (Å²) in [4.78, 5) is 0. The molecular formula is C12H14O3. The van der Waals surface area contributed by atoms with Crippen molar-refractivity contribution >= 4 is 11.0 Å². The fourth-order valence-corrected chi connectivity index (χ4v) is 1.84. The molecule has 0 spiro atoms. The van der Waals surface area contributed by atoms with Gasteiger partial charge in [-0.15, -0.1) is 0 Å². The number of furan rings is 1. The zero-order valence-electron chi connectivity index (χ0n) is 8.86. The summed E-state index contributed by atoms with van der Waals surface area (Å²) in [6, 6.07) is 7.68. The van der Waals surface area contributed by atoms with E-state index >= 15 is 0 Å². The van der Waals surface area contributed by atoms with Gasteiger partial charge in [0.1, 0.15) is 17.4 Å². The van der Waals surface area contributed by atoms with E-state index in [1.165, 1.54) is 0 Å². The van der Waals surface area contributed by atoms with Gasteiger partial charge in [0.25, 0.3) is 0 Å². The van der Waals surface area contributed by atoms with Crippen LogP contribution >= 0.6 is 0 Å². The van der Waals surface area contributed by atoms with Gasteiger partial charge in [0.2, 0.25) is 0 Å². The summed E-state index contributed by atoms with van der Waals surface area (Å²) in [5.41, 5.74) is 1.63. The molecule has 0 aliphatic carbocycles. The van der Waals surface area contributed by atoms with Crippen LogP contribution < -0.4 is 0 Å². The molecule has 1 N–H and O–H groups in total. The first kappa shape index (κ1) is 10.2. The van der Waals surface area contributed by atoms with Gasteiger partial charge in [0.15, 0.2) is 0 Å². The molecule has 3 nitrogen and oxygen atoms in total. The van der Waals surface area contributed by atoms with E-state index < -0.39 is 6.10 Å². The fourth-order valence-electron chi connectivity index (χ4n) is 1.84. The fraction of sp³-hybridized carbons (Fsp3) is 0.333. The van der Waals surface area contributed by atoms with Crippen molar-refractivity contribution in [3.63, 3.8) is 0 Å². The second-order valence-electron chi connectivity index (χ2n) is 3.54. The third-order valence-electron chi connectivity index (χ3n) is 2.48. The molecule has 0 fully saturated rings. The standard InChI is InChI=1S/C12H14O3/c1-8-12(10(13)7-14-2)9-5-3-4-6-11(9)15-8/h3-6,10,13H,7H2,1-2H3. The van der Waals surface area contributed by atoms with Crippen molar-refractivity contribution in [1.29, 1.82) is 0 Å². The summed E-state index contributed by atoms with van der Waals surface area (Å²) in [5, 5.41) is 10.9. The van der Waals surface area contributed by atoms with Gasteiger partial charge in [-0.2, -0.15) is 0 Å². The molecule has 0 radical (unpaired) electrons. The Morgan fingerprint density at radius 3 is 2.87 bits per heavy atom. The molecule has 80 valence electrons. The quantitative estimate of drug-likeness (QED) is 0.838. The van der Waals surface area contributed by atoms with E-state index in [-0.39, 0.29) is 6.61 Å². The highest BCUT2D eigenvalue weighted by Crippen LogP contribution is 2.30. The zero-order valence-corrected chi connectivity index (χ0v) is 8.86. The van der Waals surface area contributed by atoms with Crippen molar-refractivity contribution in [3.8, 4) is 0 Å². The number of methoxy groups -OCH3 is 1. The lowest BCUT2D eigenvalue weighted by Gasteiger charge is -2.08. The average molecular weight is 206 g/mol. The van der Waals surface area contributed by atoms with Gasteiger partial charge < -0.3 is 14.3 Å². The molecule has 1 unspecified atom stereocenters. The summed E-state index contributed by atoms with van der Waals surface area (Å²) < 4.78 is 10.5. The number of rotatable bonds is 3. The van der Waals surface area contributed by atoms with Crippen LogP contribution in [0.2, 0.25) is 0 Å². The van der Waals surface area contributed by atoms with Crippen LogP contribution in [0.25, 0.3) is 11.0 Å². The number of aliphatic hydroxyl groups is 1. The number of aryl methyl sites for hydroxylation is 1. The van der Waals surface area contributed by atoms with Crippen LogP contribution in [0.5, 0.6) is 0 Å². The highest BCUT2D eigenvalue weighted by Gasteiger charge is 2.17. The first-order valence-corrected chi connectivity index (χ1v) is 4.89. The molecule has 3 heteroatoms. The summed E-state index contributed by atoms with van der Waals surface area (Å²) in [7, 11) is 1.57. The topological polar surface area (TPSA) is 42.6 Å². The van der Waals surface area contributed by atoms with Gasteiger partial charge in [0.05, 0.1) is 6.61 Å². The van der Waals surface area contributed by atoms with Crippen LogP contribution in [-0.4, -0.2) is 18.8 Å². The minimum absolute atomic E-state index is 0.282. The smallest absolute Gasteiger partial charge is 0.134 e. The van der Waals surface area contributed by atoms with E-state index in [4.69, 9.17) is 9.15 Å². The molecule has 0 aliphatic heterocycles. The second kappa shape index (κ2) is 4.04. The highest BCUT2D eigenvalue weighted by atomic mass is 16.5. The van der Waals surface area contributed by atoms with Crippen LogP contribution in [0, 0.1) is 6.92 Å². The lowest BCUT2D eigenvalue weighted by molar-refractivity contribution is 0.0642. The zero-order chi connectivity index (χ0) is 10.8. The van der Waals surface area contributed by atoms with Crippen molar-refractivity contribution in [2.24, 2.45) is 0 Å². The van der Waals surface area contributed by atoms with E-state index in [9.17, 15) is 5.11 Å². The maximum Gasteiger partial charge on any atom is 0.134 e. The molecule has 0 saturated carbocycles. The Labute approximate surface area is 88.3 Å². The molecule has 15 heavy (non-hydrogen) atoms. The summed E-state index contributed by atoms with van der Waals surface area (Å²) in [6.07, 6.45) is -0.626. The summed E-state index contributed by atoms with van der Waals surface area (Å²) >= 11 is 0. The predicted molar refractivity (Wildman–Crippen MR) is 57.8 cm³/mol. The number of hydrogen-bond acceptors (Lipinski definition) is 3. The Bertz CT molecular complexity index is 459. The van der Waals surface area contributed by atoms with E-state index in [0.29, 0.717) is 0 Å². The number of fused-ring (bicyclic) bond motifs is 1. The Morgan fingerprint density at radius 1 is 1.40 bits per heavy atom. The molecule has 0 bridgehead atoms. The normalized spacial score (nSPS) is 13.3. The molecule has 0 aliphatic rings.